The van der Waals surface area contributed by atoms with E-state index in [0.717, 1.165) is 5.52 Å². The van der Waals surface area contributed by atoms with Crippen LogP contribution in [0.25, 0.3) is 10.9 Å². The number of aliphatic hydroxyl groups excluding tert-OH is 1. The predicted molar refractivity (Wildman–Crippen MR) is 62.3 cm³/mol. The number of benzene rings is 1. The Labute approximate surface area is 93.1 Å². The molecule has 2 rings (SSSR count). The zero-order valence-electron chi connectivity index (χ0n) is 9.13. The lowest BCUT2D eigenvalue weighted by Gasteiger charge is -2.12. The molecule has 0 fully saturated rings. The van der Waals surface area contributed by atoms with Crippen molar-refractivity contribution in [3.05, 3.63) is 40.7 Å². The molecule has 4 heteroatoms. The summed E-state index contributed by atoms with van der Waals surface area (Å²) in [4.78, 5) is 11.5. The van der Waals surface area contributed by atoms with Crippen LogP contribution in [0.4, 0.5) is 0 Å². The van der Waals surface area contributed by atoms with Crippen LogP contribution in [0.1, 0.15) is 13.3 Å². The van der Waals surface area contributed by atoms with Gasteiger partial charge in [0.1, 0.15) is 0 Å². The van der Waals surface area contributed by atoms with Crippen molar-refractivity contribution in [2.45, 2.75) is 26.0 Å². The van der Waals surface area contributed by atoms with E-state index in [1.165, 1.54) is 6.20 Å². The third kappa shape index (κ3) is 1.97. The van der Waals surface area contributed by atoms with Gasteiger partial charge in [0.15, 0.2) is 0 Å². The average molecular weight is 218 g/mol. The molecule has 1 aromatic carbocycles. The fourth-order valence-electron chi connectivity index (χ4n) is 1.64. The first kappa shape index (κ1) is 10.8. The summed E-state index contributed by atoms with van der Waals surface area (Å²) in [7, 11) is 0. The molecule has 0 saturated carbocycles. The van der Waals surface area contributed by atoms with Crippen molar-refractivity contribution >= 4 is 10.9 Å². The van der Waals surface area contributed by atoms with Crippen LogP contribution < -0.4 is 5.43 Å². The highest BCUT2D eigenvalue weighted by molar-refractivity contribution is 5.77. The molecule has 2 aromatic rings. The minimum atomic E-state index is -0.432. The molecule has 0 aliphatic carbocycles. The summed E-state index contributed by atoms with van der Waals surface area (Å²) >= 11 is 0. The first-order valence-corrected chi connectivity index (χ1v) is 5.35. The number of aliphatic hydroxyl groups is 1. The number of hydrogen-bond acceptors (Lipinski definition) is 3. The van der Waals surface area contributed by atoms with Crippen LogP contribution in [-0.4, -0.2) is 21.0 Å². The lowest BCUT2D eigenvalue weighted by molar-refractivity contribution is 0.146. The second-order valence-corrected chi connectivity index (χ2v) is 3.77. The smallest absolute Gasteiger partial charge is 0.207 e. The number of para-hydroxylation sites is 1. The fourth-order valence-corrected chi connectivity index (χ4v) is 1.64. The van der Waals surface area contributed by atoms with E-state index >= 15 is 0 Å². The molecule has 1 N–H and O–H groups in total. The van der Waals surface area contributed by atoms with E-state index in [1.807, 2.05) is 25.1 Å². The first-order chi connectivity index (χ1) is 7.72. The molecule has 4 nitrogen and oxygen atoms in total. The van der Waals surface area contributed by atoms with Gasteiger partial charge >= 0.3 is 0 Å². The van der Waals surface area contributed by atoms with Gasteiger partial charge < -0.3 is 5.11 Å². The average Bonchev–Trinajstić information content (AvgIpc) is 2.33. The van der Waals surface area contributed by atoms with Gasteiger partial charge in [-0.3, -0.25) is 9.48 Å². The number of hydrogen-bond donors (Lipinski definition) is 1. The van der Waals surface area contributed by atoms with Gasteiger partial charge in [-0.2, -0.15) is 5.10 Å². The molecule has 1 aromatic heterocycles. The Morgan fingerprint density at radius 3 is 2.94 bits per heavy atom. The van der Waals surface area contributed by atoms with Crippen LogP contribution in [0.2, 0.25) is 0 Å². The highest BCUT2D eigenvalue weighted by Crippen LogP contribution is 2.08. The number of nitrogens with zero attached hydrogens (tertiary/aromatic N) is 2. The maximum Gasteiger partial charge on any atom is 0.207 e. The molecule has 0 aliphatic rings. The zero-order valence-corrected chi connectivity index (χ0v) is 9.13. The maximum absolute atomic E-state index is 11.5. The minimum absolute atomic E-state index is 0.0853. The van der Waals surface area contributed by atoms with Crippen LogP contribution in [-0.2, 0) is 6.54 Å². The van der Waals surface area contributed by atoms with Crippen molar-refractivity contribution in [2.24, 2.45) is 0 Å². The van der Waals surface area contributed by atoms with E-state index in [1.54, 1.807) is 10.7 Å². The molecule has 0 spiro atoms. The van der Waals surface area contributed by atoms with Gasteiger partial charge in [-0.15, -0.1) is 0 Å². The molecule has 0 bridgehead atoms. The second kappa shape index (κ2) is 4.45. The Bertz CT molecular complexity index is 548. The number of rotatable bonds is 3. The maximum atomic E-state index is 11.5. The van der Waals surface area contributed by atoms with Gasteiger partial charge in [-0.05, 0) is 18.6 Å². The fraction of sp³-hybridized carbons (Fsp3) is 0.333. The predicted octanol–water partition coefficient (Wildman–Crippen LogP) is 1.17. The monoisotopic (exact) mass is 218 g/mol. The zero-order chi connectivity index (χ0) is 11.5. The van der Waals surface area contributed by atoms with Gasteiger partial charge in [0.2, 0.25) is 5.43 Å². The van der Waals surface area contributed by atoms with Crippen LogP contribution in [0, 0.1) is 0 Å². The Kier molecular flexibility index (Phi) is 3.01. The van der Waals surface area contributed by atoms with E-state index in [9.17, 15) is 9.90 Å². The SMILES string of the molecule is CCC(O)Cn1ncc(=O)c2ccccc21. The first-order valence-electron chi connectivity index (χ1n) is 5.35. The molecular formula is C12H14N2O2. The molecule has 0 radical (unpaired) electrons. The van der Waals surface area contributed by atoms with E-state index < -0.39 is 6.10 Å². The van der Waals surface area contributed by atoms with Crippen molar-refractivity contribution in [3.8, 4) is 0 Å². The molecule has 0 saturated heterocycles. The van der Waals surface area contributed by atoms with Gasteiger partial charge in [0, 0.05) is 5.39 Å². The lowest BCUT2D eigenvalue weighted by atomic mass is 10.2. The van der Waals surface area contributed by atoms with Gasteiger partial charge in [0.05, 0.1) is 24.4 Å². The van der Waals surface area contributed by atoms with Crippen molar-refractivity contribution < 1.29 is 5.11 Å². The molecule has 0 aliphatic heterocycles. The van der Waals surface area contributed by atoms with Crippen molar-refractivity contribution in [1.29, 1.82) is 0 Å². The van der Waals surface area contributed by atoms with Crippen LogP contribution in [0.5, 0.6) is 0 Å². The molecular weight excluding hydrogens is 204 g/mol. The summed E-state index contributed by atoms with van der Waals surface area (Å²) in [6, 6.07) is 7.29. The highest BCUT2D eigenvalue weighted by atomic mass is 16.3. The van der Waals surface area contributed by atoms with E-state index in [-0.39, 0.29) is 5.43 Å². The minimum Gasteiger partial charge on any atom is -0.391 e. The quantitative estimate of drug-likeness (QED) is 0.841. The summed E-state index contributed by atoms with van der Waals surface area (Å²) in [5, 5.41) is 14.3. The largest absolute Gasteiger partial charge is 0.391 e. The summed E-state index contributed by atoms with van der Waals surface area (Å²) in [6.07, 6.45) is 1.53. The lowest BCUT2D eigenvalue weighted by Crippen LogP contribution is -2.20. The van der Waals surface area contributed by atoms with Crippen LogP contribution in [0.15, 0.2) is 35.3 Å². The van der Waals surface area contributed by atoms with E-state index in [0.29, 0.717) is 18.4 Å². The third-order valence-electron chi connectivity index (χ3n) is 2.62. The Hall–Kier alpha value is -1.68. The molecule has 16 heavy (non-hydrogen) atoms. The molecule has 0 amide bonds. The van der Waals surface area contributed by atoms with Crippen molar-refractivity contribution in [3.63, 3.8) is 0 Å². The summed E-state index contributed by atoms with van der Waals surface area (Å²) in [5.74, 6) is 0. The Morgan fingerprint density at radius 2 is 2.19 bits per heavy atom. The van der Waals surface area contributed by atoms with Crippen molar-refractivity contribution in [1.82, 2.24) is 9.78 Å². The molecule has 84 valence electrons. The summed E-state index contributed by atoms with van der Waals surface area (Å²) in [6.45, 7) is 2.33. The number of fused-ring (bicyclic) bond motifs is 1. The van der Waals surface area contributed by atoms with Crippen LogP contribution >= 0.6 is 0 Å². The second-order valence-electron chi connectivity index (χ2n) is 3.77. The van der Waals surface area contributed by atoms with Gasteiger partial charge in [0.25, 0.3) is 0 Å². The number of aromatic nitrogens is 2. The van der Waals surface area contributed by atoms with E-state index in [4.69, 9.17) is 0 Å². The summed E-state index contributed by atoms with van der Waals surface area (Å²) in [5.41, 5.74) is 0.681. The van der Waals surface area contributed by atoms with Gasteiger partial charge in [-0.25, -0.2) is 0 Å². The Morgan fingerprint density at radius 1 is 1.44 bits per heavy atom. The molecule has 1 unspecified atom stereocenters. The normalized spacial score (nSPS) is 12.9. The standard InChI is InChI=1S/C12H14N2O2/c1-2-9(15)8-14-11-6-4-3-5-10(11)12(16)7-13-14/h3-7,9,15H,2,8H2,1H3. The van der Waals surface area contributed by atoms with Crippen molar-refractivity contribution in [2.75, 3.05) is 0 Å². The van der Waals surface area contributed by atoms with Gasteiger partial charge in [-0.1, -0.05) is 19.1 Å². The third-order valence-corrected chi connectivity index (χ3v) is 2.62. The van der Waals surface area contributed by atoms with E-state index in [2.05, 4.69) is 5.10 Å². The topological polar surface area (TPSA) is 55.1 Å². The Balaban J connectivity index is 2.54. The molecule has 1 atom stereocenters. The molecule has 1 heterocycles. The summed E-state index contributed by atoms with van der Waals surface area (Å²) < 4.78 is 1.67. The van der Waals surface area contributed by atoms with Crippen LogP contribution in [0.3, 0.4) is 0 Å². The highest BCUT2D eigenvalue weighted by Gasteiger charge is 2.06.